The second-order valence-corrected chi connectivity index (χ2v) is 6.63. The zero-order chi connectivity index (χ0) is 16.0. The molecule has 0 saturated carbocycles. The van der Waals surface area contributed by atoms with Crippen LogP contribution < -0.4 is 10.5 Å². The summed E-state index contributed by atoms with van der Waals surface area (Å²) in [5, 5.41) is 0. The maximum atomic E-state index is 6.96. The van der Waals surface area contributed by atoms with Gasteiger partial charge in [-0.3, -0.25) is 0 Å². The summed E-state index contributed by atoms with van der Waals surface area (Å²) < 4.78 is 5.27. The van der Waals surface area contributed by atoms with Gasteiger partial charge in [-0.2, -0.15) is 0 Å². The number of methoxy groups -OCH3 is 1. The van der Waals surface area contributed by atoms with Crippen molar-refractivity contribution >= 4 is 0 Å². The minimum Gasteiger partial charge on any atom is -0.497 e. The van der Waals surface area contributed by atoms with Crippen LogP contribution in [0.3, 0.4) is 0 Å². The molecule has 1 aromatic rings. The van der Waals surface area contributed by atoms with Crippen LogP contribution in [0.2, 0.25) is 0 Å². The molecule has 0 aliphatic carbocycles. The van der Waals surface area contributed by atoms with Gasteiger partial charge in [-0.15, -0.1) is 0 Å². The summed E-state index contributed by atoms with van der Waals surface area (Å²) in [6, 6.07) is 8.59. The fourth-order valence-corrected chi connectivity index (χ4v) is 3.27. The van der Waals surface area contributed by atoms with E-state index in [1.807, 2.05) is 12.1 Å². The fourth-order valence-electron chi connectivity index (χ4n) is 3.27. The average Bonchev–Trinajstić information content (AvgIpc) is 2.43. The molecule has 0 aliphatic rings. The van der Waals surface area contributed by atoms with Crippen molar-refractivity contribution in [1.29, 1.82) is 0 Å². The highest BCUT2D eigenvalue weighted by atomic mass is 16.5. The van der Waals surface area contributed by atoms with E-state index in [1.54, 1.807) is 7.11 Å². The molecule has 2 N–H and O–H groups in total. The van der Waals surface area contributed by atoms with Gasteiger partial charge in [-0.05, 0) is 50.6 Å². The van der Waals surface area contributed by atoms with Crippen molar-refractivity contribution in [1.82, 2.24) is 4.90 Å². The largest absolute Gasteiger partial charge is 0.497 e. The Kier molecular flexibility index (Phi) is 6.69. The summed E-state index contributed by atoms with van der Waals surface area (Å²) in [7, 11) is 5.95. The summed E-state index contributed by atoms with van der Waals surface area (Å²) in [6.45, 7) is 6.70. The smallest absolute Gasteiger partial charge is 0.118 e. The van der Waals surface area contributed by atoms with Crippen molar-refractivity contribution in [3.8, 4) is 5.75 Å². The fraction of sp³-hybridized carbons (Fsp3) is 0.667. The molecule has 120 valence electrons. The maximum Gasteiger partial charge on any atom is 0.118 e. The van der Waals surface area contributed by atoms with Crippen LogP contribution in [0, 0.1) is 5.92 Å². The van der Waals surface area contributed by atoms with Crippen molar-refractivity contribution in [3.05, 3.63) is 29.8 Å². The first kappa shape index (κ1) is 18.0. The first-order valence-corrected chi connectivity index (χ1v) is 7.95. The Balaban J connectivity index is 3.22. The first-order chi connectivity index (χ1) is 9.85. The third-order valence-corrected chi connectivity index (χ3v) is 4.15. The first-order valence-electron chi connectivity index (χ1n) is 7.95. The second kappa shape index (κ2) is 7.81. The van der Waals surface area contributed by atoms with Crippen LogP contribution in [0.5, 0.6) is 5.75 Å². The molecule has 3 nitrogen and oxygen atoms in total. The molecule has 2 unspecified atom stereocenters. The van der Waals surface area contributed by atoms with E-state index in [-0.39, 0.29) is 5.54 Å². The third-order valence-electron chi connectivity index (χ3n) is 4.15. The van der Waals surface area contributed by atoms with Gasteiger partial charge in [0.05, 0.1) is 12.6 Å². The molecule has 21 heavy (non-hydrogen) atoms. The second-order valence-electron chi connectivity index (χ2n) is 6.63. The zero-order valence-corrected chi connectivity index (χ0v) is 14.5. The van der Waals surface area contributed by atoms with E-state index in [1.165, 1.54) is 5.56 Å². The van der Waals surface area contributed by atoms with E-state index in [0.717, 1.165) is 25.0 Å². The van der Waals surface area contributed by atoms with Crippen LogP contribution in [0.15, 0.2) is 24.3 Å². The number of ether oxygens (including phenoxy) is 1. The Labute approximate surface area is 130 Å². The average molecular weight is 292 g/mol. The third kappa shape index (κ3) is 4.45. The van der Waals surface area contributed by atoms with Gasteiger partial charge in [-0.1, -0.05) is 39.3 Å². The number of benzene rings is 1. The van der Waals surface area contributed by atoms with Gasteiger partial charge < -0.3 is 15.4 Å². The molecule has 0 saturated heterocycles. The molecular weight excluding hydrogens is 260 g/mol. The van der Waals surface area contributed by atoms with Gasteiger partial charge in [0.25, 0.3) is 0 Å². The Bertz CT molecular complexity index is 414. The van der Waals surface area contributed by atoms with Crippen LogP contribution in [0.1, 0.15) is 45.6 Å². The molecule has 0 heterocycles. The number of rotatable bonds is 8. The zero-order valence-electron chi connectivity index (χ0n) is 14.5. The molecule has 1 rings (SSSR count). The van der Waals surface area contributed by atoms with E-state index >= 15 is 0 Å². The van der Waals surface area contributed by atoms with E-state index in [4.69, 9.17) is 10.5 Å². The minimum atomic E-state index is -0.333. The van der Waals surface area contributed by atoms with E-state index < -0.39 is 0 Å². The van der Waals surface area contributed by atoms with E-state index in [0.29, 0.717) is 12.0 Å². The molecular formula is C18H32N2O. The Hall–Kier alpha value is -1.06. The normalized spacial score (nSPS) is 16.0. The van der Waals surface area contributed by atoms with Crippen molar-refractivity contribution in [2.24, 2.45) is 11.7 Å². The standard InChI is InChI=1S/C18H32N2O/c1-7-8-17(20(4)5)18(19,13-14(2)3)15-9-11-16(21-6)12-10-15/h9-12,14,17H,7-8,13,19H2,1-6H3. The topological polar surface area (TPSA) is 38.5 Å². The minimum absolute atomic E-state index is 0.332. The van der Waals surface area contributed by atoms with Gasteiger partial charge >= 0.3 is 0 Å². The molecule has 0 aromatic heterocycles. The highest BCUT2D eigenvalue weighted by Crippen LogP contribution is 2.34. The van der Waals surface area contributed by atoms with Crippen molar-refractivity contribution in [2.45, 2.75) is 51.6 Å². The van der Waals surface area contributed by atoms with Gasteiger partial charge in [-0.25, -0.2) is 0 Å². The predicted molar refractivity (Wildman–Crippen MR) is 90.7 cm³/mol. The van der Waals surface area contributed by atoms with Crippen LogP contribution >= 0.6 is 0 Å². The Morgan fingerprint density at radius 1 is 1.19 bits per heavy atom. The summed E-state index contributed by atoms with van der Waals surface area (Å²) in [4.78, 5) is 2.27. The number of nitrogens with two attached hydrogens (primary N) is 1. The summed E-state index contributed by atoms with van der Waals surface area (Å²) in [5.74, 6) is 1.43. The molecule has 2 atom stereocenters. The number of nitrogens with zero attached hydrogens (tertiary/aromatic N) is 1. The van der Waals surface area contributed by atoms with Crippen molar-refractivity contribution in [2.75, 3.05) is 21.2 Å². The van der Waals surface area contributed by atoms with Gasteiger partial charge in [0.2, 0.25) is 0 Å². The molecule has 1 aromatic carbocycles. The lowest BCUT2D eigenvalue weighted by atomic mass is 9.75. The molecule has 0 amide bonds. The highest BCUT2D eigenvalue weighted by molar-refractivity contribution is 5.33. The quantitative estimate of drug-likeness (QED) is 0.795. The number of hydrogen-bond donors (Lipinski definition) is 1. The lowest BCUT2D eigenvalue weighted by Gasteiger charge is -2.43. The lowest BCUT2D eigenvalue weighted by Crippen LogP contribution is -2.54. The van der Waals surface area contributed by atoms with E-state index in [9.17, 15) is 0 Å². The monoisotopic (exact) mass is 292 g/mol. The summed E-state index contributed by atoms with van der Waals surface area (Å²) in [6.07, 6.45) is 3.21. The summed E-state index contributed by atoms with van der Waals surface area (Å²) >= 11 is 0. The Morgan fingerprint density at radius 2 is 1.76 bits per heavy atom. The van der Waals surface area contributed by atoms with Crippen LogP contribution in [-0.2, 0) is 5.54 Å². The summed E-state index contributed by atoms with van der Waals surface area (Å²) in [5.41, 5.74) is 7.83. The lowest BCUT2D eigenvalue weighted by molar-refractivity contribution is 0.142. The Morgan fingerprint density at radius 3 is 2.14 bits per heavy atom. The maximum absolute atomic E-state index is 6.96. The van der Waals surface area contributed by atoms with E-state index in [2.05, 4.69) is 51.9 Å². The van der Waals surface area contributed by atoms with Gasteiger partial charge in [0.1, 0.15) is 5.75 Å². The molecule has 3 heteroatoms. The number of hydrogen-bond acceptors (Lipinski definition) is 3. The molecule has 0 radical (unpaired) electrons. The van der Waals surface area contributed by atoms with Crippen LogP contribution in [-0.4, -0.2) is 32.1 Å². The van der Waals surface area contributed by atoms with Crippen LogP contribution in [0.4, 0.5) is 0 Å². The highest BCUT2D eigenvalue weighted by Gasteiger charge is 2.38. The van der Waals surface area contributed by atoms with Crippen molar-refractivity contribution < 1.29 is 4.74 Å². The van der Waals surface area contributed by atoms with Gasteiger partial charge in [0, 0.05) is 6.04 Å². The number of likely N-dealkylation sites (N-methyl/N-ethyl adjacent to an activating group) is 1. The molecule has 0 aliphatic heterocycles. The predicted octanol–water partition coefficient (Wildman–Crippen LogP) is 3.63. The molecule has 0 fully saturated rings. The molecule has 0 bridgehead atoms. The molecule has 0 spiro atoms. The SMILES string of the molecule is CCCC(N(C)C)C(N)(CC(C)C)c1ccc(OC)cc1. The van der Waals surface area contributed by atoms with Gasteiger partial charge in [0.15, 0.2) is 0 Å². The van der Waals surface area contributed by atoms with Crippen LogP contribution in [0.25, 0.3) is 0 Å². The van der Waals surface area contributed by atoms with Crippen molar-refractivity contribution in [3.63, 3.8) is 0 Å².